The molecule has 0 unspecified atom stereocenters. The molecule has 9 nitrogen and oxygen atoms in total. The Morgan fingerprint density at radius 2 is 1.77 bits per heavy atom. The number of anilines is 3. The van der Waals surface area contributed by atoms with Crippen molar-refractivity contribution in [3.63, 3.8) is 0 Å². The van der Waals surface area contributed by atoms with Crippen LogP contribution in [0, 0.1) is 25.1 Å². The molecular weight excluding hydrogens is 447 g/mol. The van der Waals surface area contributed by atoms with Gasteiger partial charge >= 0.3 is 0 Å². The van der Waals surface area contributed by atoms with E-state index < -0.39 is 5.82 Å². The van der Waals surface area contributed by atoms with E-state index in [0.717, 1.165) is 62.0 Å². The quantitative estimate of drug-likeness (QED) is 0.411. The topological polar surface area (TPSA) is 117 Å². The molecule has 1 aliphatic heterocycles. The number of nitrogens with one attached hydrogen (secondary N) is 1. The highest BCUT2D eigenvalue weighted by atomic mass is 19.1. The summed E-state index contributed by atoms with van der Waals surface area (Å²) in [5.74, 6) is 1.23. The first-order chi connectivity index (χ1) is 16.7. The van der Waals surface area contributed by atoms with Gasteiger partial charge in [-0.1, -0.05) is 0 Å². The molecule has 3 N–H and O–H groups in total. The number of hydrogen-bond donors (Lipinski definition) is 2. The third kappa shape index (κ3) is 4.73. The molecule has 3 aromatic rings. The van der Waals surface area contributed by atoms with Gasteiger partial charge in [0.25, 0.3) is 0 Å². The number of ether oxygens (including phenoxy) is 1. The van der Waals surface area contributed by atoms with Gasteiger partial charge in [-0.15, -0.1) is 0 Å². The van der Waals surface area contributed by atoms with E-state index in [4.69, 9.17) is 15.9 Å². The molecule has 35 heavy (non-hydrogen) atoms. The first-order valence-electron chi connectivity index (χ1n) is 11.7. The zero-order valence-electron chi connectivity index (χ0n) is 20.2. The van der Waals surface area contributed by atoms with Crippen LogP contribution in [0.3, 0.4) is 0 Å². The molecular formula is C25H29FN8O. The van der Waals surface area contributed by atoms with Crippen molar-refractivity contribution in [2.24, 2.45) is 0 Å². The van der Waals surface area contributed by atoms with Crippen molar-refractivity contribution >= 4 is 23.0 Å². The second-order valence-electron chi connectivity index (χ2n) is 9.45. The Bertz CT molecular complexity index is 1280. The molecule has 0 amide bonds. The van der Waals surface area contributed by atoms with Gasteiger partial charge < -0.3 is 20.3 Å². The number of aryl methyl sites for hydroxylation is 2. The van der Waals surface area contributed by atoms with E-state index >= 15 is 0 Å². The summed E-state index contributed by atoms with van der Waals surface area (Å²) in [6.07, 6.45) is 4.98. The van der Waals surface area contributed by atoms with Crippen molar-refractivity contribution in [1.82, 2.24) is 19.9 Å². The molecule has 2 aromatic heterocycles. The highest BCUT2D eigenvalue weighted by Gasteiger charge is 2.40. The molecule has 1 aliphatic carbocycles. The molecule has 0 atom stereocenters. The van der Waals surface area contributed by atoms with Gasteiger partial charge in [0.1, 0.15) is 23.6 Å². The Hall–Kier alpha value is -3.82. The van der Waals surface area contributed by atoms with E-state index in [2.05, 4.69) is 29.7 Å². The molecule has 1 saturated heterocycles. The van der Waals surface area contributed by atoms with Gasteiger partial charge in [0.05, 0.1) is 22.8 Å². The standard InChI is InChI=1S/C25H29FN8O/c1-15-13-29-16(2)24(32-15)34-8-6-33(7-9-34)22-12-20(30-14-31-22)23(28)17-10-21(18(26)11-19(17)27)35-25(3)4-5-25/h10-14,28H,4-9,27H2,1-3H3. The summed E-state index contributed by atoms with van der Waals surface area (Å²) in [7, 11) is 0. The third-order valence-electron chi connectivity index (χ3n) is 6.55. The van der Waals surface area contributed by atoms with Crippen molar-refractivity contribution in [3.8, 4) is 5.75 Å². The first kappa shape index (κ1) is 22.9. The lowest BCUT2D eigenvalue weighted by atomic mass is 10.0. The van der Waals surface area contributed by atoms with Gasteiger partial charge in [0.15, 0.2) is 11.6 Å². The summed E-state index contributed by atoms with van der Waals surface area (Å²) >= 11 is 0. The van der Waals surface area contributed by atoms with Crippen LogP contribution in [-0.4, -0.2) is 57.4 Å². The van der Waals surface area contributed by atoms with Crippen LogP contribution in [0.1, 0.15) is 42.4 Å². The van der Waals surface area contributed by atoms with E-state index in [9.17, 15) is 4.39 Å². The van der Waals surface area contributed by atoms with Gasteiger partial charge in [-0.25, -0.2) is 19.3 Å². The van der Waals surface area contributed by atoms with E-state index in [1.165, 1.54) is 18.5 Å². The normalized spacial score (nSPS) is 16.8. The number of benzene rings is 1. The first-order valence-corrected chi connectivity index (χ1v) is 11.7. The fourth-order valence-electron chi connectivity index (χ4n) is 4.17. The lowest BCUT2D eigenvalue weighted by molar-refractivity contribution is 0.191. The lowest BCUT2D eigenvalue weighted by Crippen LogP contribution is -2.47. The number of nitrogen functional groups attached to an aromatic ring is 1. The van der Waals surface area contributed by atoms with Crippen LogP contribution >= 0.6 is 0 Å². The Kier molecular flexibility index (Phi) is 5.74. The summed E-state index contributed by atoms with van der Waals surface area (Å²) in [6, 6.07) is 4.49. The van der Waals surface area contributed by atoms with E-state index in [0.29, 0.717) is 11.3 Å². The highest BCUT2D eigenvalue weighted by Crippen LogP contribution is 2.41. The molecule has 1 saturated carbocycles. The minimum atomic E-state index is -0.526. The Labute approximate surface area is 203 Å². The van der Waals surface area contributed by atoms with Gasteiger partial charge in [0.2, 0.25) is 0 Å². The zero-order valence-corrected chi connectivity index (χ0v) is 20.2. The minimum absolute atomic E-state index is 0.0984. The SMILES string of the molecule is Cc1cnc(C)c(N2CCN(c3cc(C(=N)c4cc(OC5(C)CC5)c(F)cc4N)ncn3)CC2)n1. The van der Waals surface area contributed by atoms with Crippen molar-refractivity contribution in [2.45, 2.75) is 39.2 Å². The number of halogens is 1. The summed E-state index contributed by atoms with van der Waals surface area (Å²) < 4.78 is 20.3. The molecule has 3 heterocycles. The van der Waals surface area contributed by atoms with Gasteiger partial charge in [-0.05, 0) is 39.7 Å². The van der Waals surface area contributed by atoms with Gasteiger partial charge in [0, 0.05) is 55.8 Å². The van der Waals surface area contributed by atoms with Gasteiger partial charge in [-0.2, -0.15) is 0 Å². The smallest absolute Gasteiger partial charge is 0.167 e. The molecule has 2 fully saturated rings. The Morgan fingerprint density at radius 3 is 2.49 bits per heavy atom. The number of aromatic nitrogens is 4. The summed E-state index contributed by atoms with van der Waals surface area (Å²) in [4.78, 5) is 22.2. The number of rotatable bonds is 6. The molecule has 2 aliphatic rings. The van der Waals surface area contributed by atoms with E-state index in [-0.39, 0.29) is 22.7 Å². The van der Waals surface area contributed by atoms with Crippen molar-refractivity contribution in [3.05, 3.63) is 59.2 Å². The molecule has 182 valence electrons. The average Bonchev–Trinajstić information content (AvgIpc) is 3.59. The van der Waals surface area contributed by atoms with E-state index in [1.807, 2.05) is 20.8 Å². The molecule has 0 bridgehead atoms. The molecule has 0 radical (unpaired) electrons. The number of piperazine rings is 1. The van der Waals surface area contributed by atoms with Crippen LogP contribution in [-0.2, 0) is 0 Å². The maximum absolute atomic E-state index is 14.4. The fraction of sp³-hybridized carbons (Fsp3) is 0.400. The fourth-order valence-corrected chi connectivity index (χ4v) is 4.17. The molecule has 0 spiro atoms. The van der Waals surface area contributed by atoms with Crippen LogP contribution in [0.2, 0.25) is 0 Å². The van der Waals surface area contributed by atoms with Crippen LogP contribution in [0.15, 0.2) is 30.7 Å². The van der Waals surface area contributed by atoms with Crippen LogP contribution in [0.5, 0.6) is 5.75 Å². The number of nitrogens with zero attached hydrogens (tertiary/aromatic N) is 6. The van der Waals surface area contributed by atoms with Crippen LogP contribution in [0.4, 0.5) is 21.7 Å². The van der Waals surface area contributed by atoms with E-state index in [1.54, 1.807) is 12.3 Å². The van der Waals surface area contributed by atoms with Crippen LogP contribution < -0.4 is 20.3 Å². The molecule has 5 rings (SSSR count). The predicted molar refractivity (Wildman–Crippen MR) is 133 cm³/mol. The summed E-state index contributed by atoms with van der Waals surface area (Å²) in [6.45, 7) is 8.90. The predicted octanol–water partition coefficient (Wildman–Crippen LogP) is 3.28. The van der Waals surface area contributed by atoms with Crippen molar-refractivity contribution in [2.75, 3.05) is 41.7 Å². The van der Waals surface area contributed by atoms with Gasteiger partial charge in [-0.3, -0.25) is 10.4 Å². The highest BCUT2D eigenvalue weighted by molar-refractivity contribution is 6.13. The molecule has 1 aromatic carbocycles. The zero-order chi connectivity index (χ0) is 24.7. The number of nitrogens with two attached hydrogens (primary N) is 1. The maximum Gasteiger partial charge on any atom is 0.167 e. The Balaban J connectivity index is 1.33. The number of hydrogen-bond acceptors (Lipinski definition) is 9. The molecule has 10 heteroatoms. The lowest BCUT2D eigenvalue weighted by Gasteiger charge is -2.36. The van der Waals surface area contributed by atoms with Crippen LogP contribution in [0.25, 0.3) is 0 Å². The largest absolute Gasteiger partial charge is 0.484 e. The summed E-state index contributed by atoms with van der Waals surface area (Å²) in [5, 5.41) is 8.73. The second-order valence-corrected chi connectivity index (χ2v) is 9.45. The Morgan fingerprint density at radius 1 is 1.06 bits per heavy atom. The summed E-state index contributed by atoms with van der Waals surface area (Å²) in [5.41, 5.74) is 8.61. The van der Waals surface area contributed by atoms with Crippen molar-refractivity contribution in [1.29, 1.82) is 5.41 Å². The minimum Gasteiger partial charge on any atom is -0.484 e. The van der Waals surface area contributed by atoms with Crippen molar-refractivity contribution < 1.29 is 9.13 Å². The maximum atomic E-state index is 14.4. The average molecular weight is 477 g/mol. The third-order valence-corrected chi connectivity index (χ3v) is 6.55. The second kappa shape index (κ2) is 8.75. The monoisotopic (exact) mass is 476 g/mol.